The van der Waals surface area contributed by atoms with Crippen molar-refractivity contribution in [2.75, 3.05) is 26.0 Å². The van der Waals surface area contributed by atoms with Crippen LogP contribution in [0.4, 0.5) is 11.4 Å². The molecule has 0 aromatic heterocycles. The minimum Gasteiger partial charge on any atom is -0.378 e. The number of anilines is 1. The van der Waals surface area contributed by atoms with Crippen molar-refractivity contribution in [3.63, 3.8) is 0 Å². The normalized spacial score (nSPS) is 17.1. The molecule has 5 nitrogen and oxygen atoms in total. The van der Waals surface area contributed by atoms with Crippen molar-refractivity contribution in [1.82, 2.24) is 4.90 Å². The van der Waals surface area contributed by atoms with Gasteiger partial charge in [0.25, 0.3) is 5.69 Å². The number of rotatable bonds is 5. The summed E-state index contributed by atoms with van der Waals surface area (Å²) in [4.78, 5) is 12.8. The number of hydrogen-bond donors (Lipinski definition) is 1. The first-order valence-electron chi connectivity index (χ1n) is 6.30. The molecule has 0 spiro atoms. The minimum absolute atomic E-state index is 0.0672. The number of likely N-dealkylation sites (N-methyl/N-ethyl adjacent to an activating group) is 1. The highest BCUT2D eigenvalue weighted by Crippen LogP contribution is 2.37. The molecule has 1 aliphatic carbocycles. The lowest BCUT2D eigenvalue weighted by Crippen LogP contribution is -2.54. The monoisotopic (exact) mass is 283 g/mol. The summed E-state index contributed by atoms with van der Waals surface area (Å²) in [6.45, 7) is 0.696. The highest BCUT2D eigenvalue weighted by atomic mass is 35.5. The topological polar surface area (TPSA) is 58.4 Å². The third kappa shape index (κ3) is 2.82. The summed E-state index contributed by atoms with van der Waals surface area (Å²) in [5.74, 6) is 0. The molecule has 6 heteroatoms. The Morgan fingerprint density at radius 1 is 1.47 bits per heavy atom. The SMILES string of the molecule is CN(C)C1(CNc2cc(Cl)ccc2[N+](=O)[O-])CCC1. The summed E-state index contributed by atoms with van der Waals surface area (Å²) in [7, 11) is 4.10. The molecule has 2 rings (SSSR count). The minimum atomic E-state index is -0.387. The molecule has 0 aliphatic heterocycles. The van der Waals surface area contributed by atoms with E-state index < -0.39 is 0 Å². The van der Waals surface area contributed by atoms with E-state index in [9.17, 15) is 10.1 Å². The molecule has 1 aromatic rings. The molecule has 0 unspecified atom stereocenters. The molecule has 0 saturated heterocycles. The first kappa shape index (κ1) is 14.1. The van der Waals surface area contributed by atoms with E-state index in [2.05, 4.69) is 10.2 Å². The van der Waals surface area contributed by atoms with Gasteiger partial charge in [-0.2, -0.15) is 0 Å². The zero-order chi connectivity index (χ0) is 14.0. The van der Waals surface area contributed by atoms with Gasteiger partial charge in [0.05, 0.1) is 4.92 Å². The molecule has 1 aromatic carbocycles. The third-order valence-electron chi connectivity index (χ3n) is 4.00. The van der Waals surface area contributed by atoms with Gasteiger partial charge >= 0.3 is 0 Å². The van der Waals surface area contributed by atoms with E-state index in [1.54, 1.807) is 6.07 Å². The fourth-order valence-corrected chi connectivity index (χ4v) is 2.61. The third-order valence-corrected chi connectivity index (χ3v) is 4.23. The summed E-state index contributed by atoms with van der Waals surface area (Å²) >= 11 is 5.91. The Labute approximate surface area is 117 Å². The Morgan fingerprint density at radius 2 is 2.16 bits per heavy atom. The van der Waals surface area contributed by atoms with Crippen LogP contribution in [-0.4, -0.2) is 36.0 Å². The fraction of sp³-hybridized carbons (Fsp3) is 0.538. The molecule has 19 heavy (non-hydrogen) atoms. The van der Waals surface area contributed by atoms with Crippen LogP contribution in [0.3, 0.4) is 0 Å². The van der Waals surface area contributed by atoms with E-state index in [0.29, 0.717) is 17.3 Å². The lowest BCUT2D eigenvalue weighted by Gasteiger charge is -2.47. The molecule has 0 amide bonds. The lowest BCUT2D eigenvalue weighted by atomic mass is 9.75. The maximum Gasteiger partial charge on any atom is 0.292 e. The highest BCUT2D eigenvalue weighted by molar-refractivity contribution is 6.31. The Kier molecular flexibility index (Phi) is 3.96. The van der Waals surface area contributed by atoms with Crippen molar-refractivity contribution in [1.29, 1.82) is 0 Å². The van der Waals surface area contributed by atoms with Gasteiger partial charge in [0.2, 0.25) is 0 Å². The molecule has 0 bridgehead atoms. The van der Waals surface area contributed by atoms with Crippen LogP contribution in [0.25, 0.3) is 0 Å². The smallest absolute Gasteiger partial charge is 0.292 e. The number of nitrogens with zero attached hydrogens (tertiary/aromatic N) is 2. The summed E-state index contributed by atoms with van der Waals surface area (Å²) in [6, 6.07) is 4.59. The second kappa shape index (κ2) is 5.35. The molecular weight excluding hydrogens is 266 g/mol. The van der Waals surface area contributed by atoms with Gasteiger partial charge in [-0.05, 0) is 45.5 Å². The Hall–Kier alpha value is -1.33. The number of hydrogen-bond acceptors (Lipinski definition) is 4. The molecule has 0 atom stereocenters. The second-order valence-corrected chi connectivity index (χ2v) is 5.68. The van der Waals surface area contributed by atoms with Crippen LogP contribution in [0.2, 0.25) is 5.02 Å². The number of nitro benzene ring substituents is 1. The van der Waals surface area contributed by atoms with Gasteiger partial charge in [-0.15, -0.1) is 0 Å². The molecule has 1 saturated carbocycles. The summed E-state index contributed by atoms with van der Waals surface area (Å²) in [6.07, 6.45) is 3.43. The van der Waals surface area contributed by atoms with Crippen LogP contribution in [0.1, 0.15) is 19.3 Å². The molecule has 0 heterocycles. The predicted octanol–water partition coefficient (Wildman–Crippen LogP) is 3.14. The second-order valence-electron chi connectivity index (χ2n) is 5.24. The van der Waals surface area contributed by atoms with Gasteiger partial charge in [-0.25, -0.2) is 0 Å². The Bertz CT molecular complexity index is 487. The largest absolute Gasteiger partial charge is 0.378 e. The van der Waals surface area contributed by atoms with Gasteiger partial charge in [-0.1, -0.05) is 11.6 Å². The van der Waals surface area contributed by atoms with E-state index >= 15 is 0 Å². The van der Waals surface area contributed by atoms with Gasteiger partial charge in [0, 0.05) is 23.2 Å². The first-order valence-corrected chi connectivity index (χ1v) is 6.68. The van der Waals surface area contributed by atoms with Gasteiger partial charge in [0.15, 0.2) is 0 Å². The van der Waals surface area contributed by atoms with Gasteiger partial charge in [0.1, 0.15) is 5.69 Å². The van der Waals surface area contributed by atoms with E-state index in [0.717, 1.165) is 12.8 Å². The number of nitro groups is 1. The van der Waals surface area contributed by atoms with Crippen LogP contribution in [0.15, 0.2) is 18.2 Å². The summed E-state index contributed by atoms with van der Waals surface area (Å²) in [5, 5.41) is 14.7. The lowest BCUT2D eigenvalue weighted by molar-refractivity contribution is -0.384. The molecule has 104 valence electrons. The molecule has 1 N–H and O–H groups in total. The van der Waals surface area contributed by atoms with Crippen molar-refractivity contribution in [2.24, 2.45) is 0 Å². The zero-order valence-corrected chi connectivity index (χ0v) is 11.9. The Balaban J connectivity index is 2.15. The van der Waals surface area contributed by atoms with Crippen LogP contribution >= 0.6 is 11.6 Å². The van der Waals surface area contributed by atoms with Crippen molar-refractivity contribution < 1.29 is 4.92 Å². The van der Waals surface area contributed by atoms with Crippen molar-refractivity contribution in [3.05, 3.63) is 33.3 Å². The maximum atomic E-state index is 11.0. The molecule has 1 fully saturated rings. The van der Waals surface area contributed by atoms with Gasteiger partial charge in [-0.3, -0.25) is 10.1 Å². The Morgan fingerprint density at radius 3 is 2.63 bits per heavy atom. The average molecular weight is 284 g/mol. The molecule has 1 aliphatic rings. The first-order chi connectivity index (χ1) is 8.94. The standard InChI is InChI=1S/C13H18ClN3O2/c1-16(2)13(6-3-7-13)9-15-11-8-10(14)4-5-12(11)17(18)19/h4-5,8,15H,3,6-7,9H2,1-2H3. The van der Waals surface area contributed by atoms with Crippen LogP contribution in [-0.2, 0) is 0 Å². The fourth-order valence-electron chi connectivity index (χ4n) is 2.44. The van der Waals surface area contributed by atoms with E-state index in [1.807, 2.05) is 14.1 Å². The van der Waals surface area contributed by atoms with Crippen molar-refractivity contribution in [3.8, 4) is 0 Å². The zero-order valence-electron chi connectivity index (χ0n) is 11.1. The summed E-state index contributed by atoms with van der Waals surface area (Å²) in [5.41, 5.74) is 0.666. The van der Waals surface area contributed by atoms with E-state index in [4.69, 9.17) is 11.6 Å². The molecule has 0 radical (unpaired) electrons. The van der Waals surface area contributed by atoms with Crippen LogP contribution in [0, 0.1) is 10.1 Å². The quantitative estimate of drug-likeness (QED) is 0.666. The van der Waals surface area contributed by atoms with E-state index in [1.165, 1.54) is 18.6 Å². The van der Waals surface area contributed by atoms with Crippen molar-refractivity contribution in [2.45, 2.75) is 24.8 Å². The average Bonchev–Trinajstić information content (AvgIpc) is 2.26. The van der Waals surface area contributed by atoms with Crippen LogP contribution in [0.5, 0.6) is 0 Å². The molecular formula is C13H18ClN3O2. The van der Waals surface area contributed by atoms with E-state index in [-0.39, 0.29) is 16.1 Å². The van der Waals surface area contributed by atoms with Crippen molar-refractivity contribution >= 4 is 23.0 Å². The summed E-state index contributed by atoms with van der Waals surface area (Å²) < 4.78 is 0. The number of benzene rings is 1. The van der Waals surface area contributed by atoms with Gasteiger partial charge < -0.3 is 10.2 Å². The van der Waals surface area contributed by atoms with Crippen LogP contribution < -0.4 is 5.32 Å². The highest BCUT2D eigenvalue weighted by Gasteiger charge is 2.39. The number of halogens is 1. The predicted molar refractivity (Wildman–Crippen MR) is 76.9 cm³/mol. The number of nitrogens with one attached hydrogen (secondary N) is 1. The maximum absolute atomic E-state index is 11.0.